The van der Waals surface area contributed by atoms with Gasteiger partial charge in [-0.1, -0.05) is 31.9 Å². The van der Waals surface area contributed by atoms with Crippen LogP contribution in [0.3, 0.4) is 0 Å². The van der Waals surface area contributed by atoms with Gasteiger partial charge in [0, 0.05) is 5.56 Å². The summed E-state index contributed by atoms with van der Waals surface area (Å²) in [4.78, 5) is 0. The maximum Gasteiger partial charge on any atom is 0.122 e. The number of unbranched alkanes of at least 4 members (excludes halogenated alkanes) is 2. The van der Waals surface area contributed by atoms with Crippen molar-refractivity contribution in [2.45, 2.75) is 45.1 Å². The molecule has 88 valence electrons. The van der Waals surface area contributed by atoms with E-state index in [0.29, 0.717) is 0 Å². The van der Waals surface area contributed by atoms with Crippen LogP contribution in [0.5, 0.6) is 5.75 Å². The van der Waals surface area contributed by atoms with Crippen LogP contribution in [0.15, 0.2) is 18.2 Å². The quantitative estimate of drug-likeness (QED) is 0.772. The zero-order valence-electron chi connectivity index (χ0n) is 9.91. The summed E-state index contributed by atoms with van der Waals surface area (Å²) in [7, 11) is 0. The molecule has 0 spiro atoms. The van der Waals surface area contributed by atoms with Gasteiger partial charge in [-0.05, 0) is 30.9 Å². The Balaban J connectivity index is 2.00. The molecule has 1 aliphatic carbocycles. The third-order valence-electron chi connectivity index (χ3n) is 3.20. The maximum atomic E-state index is 9.76. The molecule has 2 rings (SSSR count). The van der Waals surface area contributed by atoms with Gasteiger partial charge in [-0.25, -0.2) is 0 Å². The number of ether oxygens (including phenoxy) is 1. The Labute approximate surface area is 97.3 Å². The zero-order chi connectivity index (χ0) is 11.4. The van der Waals surface area contributed by atoms with E-state index >= 15 is 0 Å². The average Bonchev–Trinajstić information content (AvgIpc) is 2.68. The van der Waals surface area contributed by atoms with Crippen LogP contribution in [0.4, 0.5) is 0 Å². The normalized spacial score (nSPS) is 18.5. The number of hydrogen-bond acceptors (Lipinski definition) is 2. The molecule has 0 aromatic heterocycles. The lowest BCUT2D eigenvalue weighted by atomic mass is 10.1. The van der Waals surface area contributed by atoms with Gasteiger partial charge in [0.2, 0.25) is 0 Å². The minimum Gasteiger partial charge on any atom is -0.493 e. The molecular weight excluding hydrogens is 200 g/mol. The van der Waals surface area contributed by atoms with Crippen molar-refractivity contribution >= 4 is 0 Å². The van der Waals surface area contributed by atoms with Crippen molar-refractivity contribution in [2.75, 3.05) is 6.61 Å². The number of aliphatic hydroxyl groups is 1. The summed E-state index contributed by atoms with van der Waals surface area (Å²) in [5, 5.41) is 9.76. The molecule has 0 saturated carbocycles. The third kappa shape index (κ3) is 2.38. The molecule has 1 aromatic rings. The molecule has 0 radical (unpaired) electrons. The first-order valence-corrected chi connectivity index (χ1v) is 6.25. The monoisotopic (exact) mass is 220 g/mol. The number of hydrogen-bond donors (Lipinski definition) is 1. The fraction of sp³-hybridized carbons (Fsp3) is 0.571. The smallest absolute Gasteiger partial charge is 0.122 e. The molecule has 0 bridgehead atoms. The van der Waals surface area contributed by atoms with Gasteiger partial charge < -0.3 is 9.84 Å². The van der Waals surface area contributed by atoms with Crippen LogP contribution >= 0.6 is 0 Å². The van der Waals surface area contributed by atoms with Gasteiger partial charge >= 0.3 is 0 Å². The van der Waals surface area contributed by atoms with E-state index in [4.69, 9.17) is 4.74 Å². The summed E-state index contributed by atoms with van der Waals surface area (Å²) >= 11 is 0. The first kappa shape index (κ1) is 11.5. The Kier molecular flexibility index (Phi) is 3.83. The van der Waals surface area contributed by atoms with Gasteiger partial charge in [0.15, 0.2) is 0 Å². The summed E-state index contributed by atoms with van der Waals surface area (Å²) in [5.74, 6) is 0.977. The Morgan fingerprint density at radius 1 is 1.38 bits per heavy atom. The molecule has 0 amide bonds. The van der Waals surface area contributed by atoms with E-state index in [2.05, 4.69) is 6.92 Å². The van der Waals surface area contributed by atoms with Gasteiger partial charge in [-0.3, -0.25) is 0 Å². The van der Waals surface area contributed by atoms with E-state index in [1.54, 1.807) is 0 Å². The minimum atomic E-state index is -0.283. The highest BCUT2D eigenvalue weighted by Gasteiger charge is 2.22. The van der Waals surface area contributed by atoms with Crippen LogP contribution < -0.4 is 4.74 Å². The average molecular weight is 220 g/mol. The van der Waals surface area contributed by atoms with Crippen molar-refractivity contribution in [2.24, 2.45) is 0 Å². The van der Waals surface area contributed by atoms with E-state index in [1.807, 2.05) is 18.2 Å². The fourth-order valence-corrected chi connectivity index (χ4v) is 2.27. The predicted molar refractivity (Wildman–Crippen MR) is 64.7 cm³/mol. The molecule has 1 N–H and O–H groups in total. The van der Waals surface area contributed by atoms with Crippen LogP contribution in [-0.4, -0.2) is 11.7 Å². The first-order chi connectivity index (χ1) is 7.83. The van der Waals surface area contributed by atoms with Crippen molar-refractivity contribution in [3.8, 4) is 5.75 Å². The van der Waals surface area contributed by atoms with Gasteiger partial charge in [0.25, 0.3) is 0 Å². The lowest BCUT2D eigenvalue weighted by molar-refractivity contribution is 0.180. The van der Waals surface area contributed by atoms with Crippen molar-refractivity contribution in [3.63, 3.8) is 0 Å². The molecule has 1 atom stereocenters. The molecule has 0 saturated heterocycles. The lowest BCUT2D eigenvalue weighted by Gasteiger charge is -2.11. The summed E-state index contributed by atoms with van der Waals surface area (Å²) < 4.78 is 5.79. The highest BCUT2D eigenvalue weighted by atomic mass is 16.5. The summed E-state index contributed by atoms with van der Waals surface area (Å²) in [6, 6.07) is 6.00. The van der Waals surface area contributed by atoms with Crippen LogP contribution in [0, 0.1) is 0 Å². The topological polar surface area (TPSA) is 29.5 Å². The molecule has 0 heterocycles. The molecular formula is C14H20O2. The van der Waals surface area contributed by atoms with Crippen molar-refractivity contribution < 1.29 is 9.84 Å². The second kappa shape index (κ2) is 5.35. The molecule has 1 unspecified atom stereocenters. The van der Waals surface area contributed by atoms with Crippen LogP contribution in [0.1, 0.15) is 49.8 Å². The minimum absolute atomic E-state index is 0.283. The van der Waals surface area contributed by atoms with Crippen molar-refractivity contribution in [1.29, 1.82) is 0 Å². The van der Waals surface area contributed by atoms with Crippen LogP contribution in [-0.2, 0) is 6.42 Å². The van der Waals surface area contributed by atoms with Crippen molar-refractivity contribution in [3.05, 3.63) is 29.3 Å². The Hall–Kier alpha value is -1.02. The van der Waals surface area contributed by atoms with E-state index in [1.165, 1.54) is 18.4 Å². The molecule has 2 nitrogen and oxygen atoms in total. The van der Waals surface area contributed by atoms with E-state index < -0.39 is 0 Å². The van der Waals surface area contributed by atoms with E-state index in [0.717, 1.165) is 37.2 Å². The van der Waals surface area contributed by atoms with Crippen LogP contribution in [0.2, 0.25) is 0 Å². The zero-order valence-corrected chi connectivity index (χ0v) is 9.91. The SMILES string of the molecule is CCCCCOc1cccc2c1CCC2O. The molecule has 1 aromatic carbocycles. The highest BCUT2D eigenvalue weighted by molar-refractivity contribution is 5.44. The van der Waals surface area contributed by atoms with Gasteiger partial charge in [0.1, 0.15) is 5.75 Å². The third-order valence-corrected chi connectivity index (χ3v) is 3.20. The predicted octanol–water partition coefficient (Wildman–Crippen LogP) is 3.24. The summed E-state index contributed by atoms with van der Waals surface area (Å²) in [5.41, 5.74) is 2.28. The fourth-order valence-electron chi connectivity index (χ4n) is 2.27. The van der Waals surface area contributed by atoms with Crippen molar-refractivity contribution in [1.82, 2.24) is 0 Å². The molecule has 0 aliphatic heterocycles. The number of rotatable bonds is 5. The second-order valence-corrected chi connectivity index (χ2v) is 4.43. The number of benzene rings is 1. The van der Waals surface area contributed by atoms with Gasteiger partial charge in [0.05, 0.1) is 12.7 Å². The van der Waals surface area contributed by atoms with Crippen LogP contribution in [0.25, 0.3) is 0 Å². The van der Waals surface area contributed by atoms with Gasteiger partial charge in [-0.15, -0.1) is 0 Å². The second-order valence-electron chi connectivity index (χ2n) is 4.43. The highest BCUT2D eigenvalue weighted by Crippen LogP contribution is 2.36. The summed E-state index contributed by atoms with van der Waals surface area (Å²) in [6.07, 6.45) is 5.05. The number of aliphatic hydroxyl groups excluding tert-OH is 1. The van der Waals surface area contributed by atoms with E-state index in [-0.39, 0.29) is 6.10 Å². The maximum absolute atomic E-state index is 9.76. The molecule has 16 heavy (non-hydrogen) atoms. The molecule has 2 heteroatoms. The molecule has 1 aliphatic rings. The first-order valence-electron chi connectivity index (χ1n) is 6.25. The number of fused-ring (bicyclic) bond motifs is 1. The largest absolute Gasteiger partial charge is 0.493 e. The molecule has 0 fully saturated rings. The Morgan fingerprint density at radius 3 is 3.06 bits per heavy atom. The standard InChI is InChI=1S/C14H20O2/c1-2-3-4-10-16-14-7-5-6-11-12(14)8-9-13(11)15/h5-7,13,15H,2-4,8-10H2,1H3. The Bertz CT molecular complexity index is 347. The van der Waals surface area contributed by atoms with Gasteiger partial charge in [-0.2, -0.15) is 0 Å². The lowest BCUT2D eigenvalue weighted by Crippen LogP contribution is -2.00. The summed E-state index contributed by atoms with van der Waals surface area (Å²) in [6.45, 7) is 2.98. The van der Waals surface area contributed by atoms with E-state index in [9.17, 15) is 5.11 Å². The Morgan fingerprint density at radius 2 is 2.25 bits per heavy atom.